The number of hydrogen-bond acceptors (Lipinski definition) is 5. The van der Waals surface area contributed by atoms with E-state index in [1.54, 1.807) is 28.9 Å². The first-order chi connectivity index (χ1) is 12.9. The molecule has 1 aromatic heterocycles. The first-order valence-corrected chi connectivity index (χ1v) is 8.88. The molecule has 1 amide bonds. The fourth-order valence-electron chi connectivity index (χ4n) is 2.59. The van der Waals surface area contributed by atoms with Gasteiger partial charge in [-0.15, -0.1) is 0 Å². The molecule has 0 saturated heterocycles. The first-order valence-electron chi connectivity index (χ1n) is 8.50. The van der Waals surface area contributed by atoms with E-state index in [9.17, 15) is 9.59 Å². The van der Waals surface area contributed by atoms with E-state index in [4.69, 9.17) is 21.6 Å². The van der Waals surface area contributed by atoms with Crippen LogP contribution in [0.25, 0.3) is 0 Å². The largest absolute Gasteiger partial charge is 0.455 e. The summed E-state index contributed by atoms with van der Waals surface area (Å²) in [6, 6.07) is 10.7. The summed E-state index contributed by atoms with van der Waals surface area (Å²) in [6.45, 7) is 3.98. The van der Waals surface area contributed by atoms with Gasteiger partial charge in [-0.2, -0.15) is 10.4 Å². The molecule has 1 aromatic carbocycles. The van der Waals surface area contributed by atoms with Crippen LogP contribution in [0.2, 0.25) is 5.02 Å². The maximum Gasteiger partial charge on any atom is 0.308 e. The van der Waals surface area contributed by atoms with Crippen LogP contribution in [0.3, 0.4) is 0 Å². The topological polar surface area (TPSA) is 88.2 Å². The minimum atomic E-state index is -0.484. The summed E-state index contributed by atoms with van der Waals surface area (Å²) in [7, 11) is 0. The molecule has 0 bridgehead atoms. The van der Waals surface area contributed by atoms with Gasteiger partial charge in [-0.25, -0.2) is 0 Å². The summed E-state index contributed by atoms with van der Waals surface area (Å²) < 4.78 is 6.82. The van der Waals surface area contributed by atoms with Crippen LogP contribution < -0.4 is 4.90 Å². The molecule has 0 unspecified atom stereocenters. The number of rotatable bonds is 8. The highest BCUT2D eigenvalue weighted by atomic mass is 35.5. The predicted octanol–water partition coefficient (Wildman–Crippen LogP) is 3.03. The molecule has 8 heteroatoms. The summed E-state index contributed by atoms with van der Waals surface area (Å²) in [5.74, 6) is -0.894. The number of esters is 1. The number of ether oxygens (including phenoxy) is 1. The Bertz CT molecular complexity index is 857. The van der Waals surface area contributed by atoms with E-state index < -0.39 is 18.5 Å². The van der Waals surface area contributed by atoms with E-state index in [0.29, 0.717) is 17.3 Å². The van der Waals surface area contributed by atoms with Crippen LogP contribution >= 0.6 is 11.6 Å². The van der Waals surface area contributed by atoms with E-state index in [0.717, 1.165) is 11.4 Å². The number of amides is 1. The molecule has 1 heterocycles. The predicted molar refractivity (Wildman–Crippen MR) is 101 cm³/mol. The van der Waals surface area contributed by atoms with Gasteiger partial charge in [-0.3, -0.25) is 14.3 Å². The molecular formula is C19H21ClN4O3. The SMILES string of the molecule is Cc1cc(C)n(CCC(=O)OCC(=O)N(CCC#N)c2cccc(Cl)c2)n1. The van der Waals surface area contributed by atoms with Gasteiger partial charge in [-0.05, 0) is 38.1 Å². The van der Waals surface area contributed by atoms with Crippen LogP contribution in [0.5, 0.6) is 0 Å². The number of carbonyl (C=O) groups excluding carboxylic acids is 2. The van der Waals surface area contributed by atoms with Crippen molar-refractivity contribution in [2.45, 2.75) is 33.2 Å². The Morgan fingerprint density at radius 2 is 2.11 bits per heavy atom. The third-order valence-electron chi connectivity index (χ3n) is 3.86. The molecule has 0 aliphatic heterocycles. The first kappa shape index (κ1) is 20.5. The zero-order valence-corrected chi connectivity index (χ0v) is 16.1. The number of aromatic nitrogens is 2. The third kappa shape index (κ3) is 6.12. The fourth-order valence-corrected chi connectivity index (χ4v) is 2.78. The third-order valence-corrected chi connectivity index (χ3v) is 4.09. The van der Waals surface area contributed by atoms with Crippen molar-refractivity contribution in [1.29, 1.82) is 5.26 Å². The van der Waals surface area contributed by atoms with Gasteiger partial charge >= 0.3 is 5.97 Å². The van der Waals surface area contributed by atoms with Crippen LogP contribution in [0, 0.1) is 25.2 Å². The van der Waals surface area contributed by atoms with E-state index >= 15 is 0 Å². The minimum absolute atomic E-state index is 0.116. The van der Waals surface area contributed by atoms with Gasteiger partial charge in [0.2, 0.25) is 0 Å². The highest BCUT2D eigenvalue weighted by Gasteiger charge is 2.18. The number of nitrogens with zero attached hydrogens (tertiary/aromatic N) is 4. The number of hydrogen-bond donors (Lipinski definition) is 0. The Morgan fingerprint density at radius 1 is 1.33 bits per heavy atom. The van der Waals surface area contributed by atoms with E-state index in [1.807, 2.05) is 26.0 Å². The Labute approximate surface area is 163 Å². The Morgan fingerprint density at radius 3 is 2.74 bits per heavy atom. The summed E-state index contributed by atoms with van der Waals surface area (Å²) >= 11 is 5.97. The van der Waals surface area contributed by atoms with Gasteiger partial charge in [-0.1, -0.05) is 17.7 Å². The molecule has 142 valence electrons. The van der Waals surface area contributed by atoms with Crippen molar-refractivity contribution < 1.29 is 14.3 Å². The van der Waals surface area contributed by atoms with Gasteiger partial charge < -0.3 is 9.64 Å². The van der Waals surface area contributed by atoms with Crippen molar-refractivity contribution >= 4 is 29.2 Å². The zero-order valence-electron chi connectivity index (χ0n) is 15.3. The summed E-state index contributed by atoms with van der Waals surface area (Å²) in [5, 5.41) is 13.6. The smallest absolute Gasteiger partial charge is 0.308 e. The molecule has 0 fully saturated rings. The van der Waals surface area contributed by atoms with Crippen LogP contribution in [-0.2, 0) is 20.9 Å². The lowest BCUT2D eigenvalue weighted by Crippen LogP contribution is -2.35. The monoisotopic (exact) mass is 388 g/mol. The average Bonchev–Trinajstić information content (AvgIpc) is 2.96. The highest BCUT2D eigenvalue weighted by molar-refractivity contribution is 6.30. The van der Waals surface area contributed by atoms with Crippen LogP contribution in [-0.4, -0.2) is 34.8 Å². The van der Waals surface area contributed by atoms with Crippen LogP contribution in [0.4, 0.5) is 5.69 Å². The van der Waals surface area contributed by atoms with Gasteiger partial charge in [0.1, 0.15) is 0 Å². The fraction of sp³-hybridized carbons (Fsp3) is 0.368. The molecule has 2 aromatic rings. The number of carbonyl (C=O) groups is 2. The average molecular weight is 389 g/mol. The van der Waals surface area contributed by atoms with Crippen molar-refractivity contribution in [3.05, 3.63) is 46.7 Å². The molecule has 0 saturated carbocycles. The zero-order chi connectivity index (χ0) is 19.8. The lowest BCUT2D eigenvalue weighted by Gasteiger charge is -2.21. The van der Waals surface area contributed by atoms with E-state index in [-0.39, 0.29) is 19.4 Å². The molecule has 0 atom stereocenters. The van der Waals surface area contributed by atoms with Crippen LogP contribution in [0.15, 0.2) is 30.3 Å². The van der Waals surface area contributed by atoms with Crippen molar-refractivity contribution in [3.8, 4) is 6.07 Å². The molecule has 0 N–H and O–H groups in total. The second kappa shape index (κ2) is 9.74. The summed E-state index contributed by atoms with van der Waals surface area (Å²) in [6.07, 6.45) is 0.273. The Kier molecular flexibility index (Phi) is 7.38. The van der Waals surface area contributed by atoms with Crippen molar-refractivity contribution in [2.75, 3.05) is 18.1 Å². The van der Waals surface area contributed by atoms with Gasteiger partial charge in [0.05, 0.1) is 31.1 Å². The van der Waals surface area contributed by atoms with Gasteiger partial charge in [0, 0.05) is 22.9 Å². The van der Waals surface area contributed by atoms with E-state index in [1.165, 1.54) is 4.90 Å². The second-order valence-electron chi connectivity index (χ2n) is 5.99. The normalized spacial score (nSPS) is 10.3. The molecule has 7 nitrogen and oxygen atoms in total. The Hall–Kier alpha value is -2.85. The van der Waals surface area contributed by atoms with Crippen molar-refractivity contribution in [1.82, 2.24) is 9.78 Å². The number of aryl methyl sites for hydroxylation is 3. The van der Waals surface area contributed by atoms with Gasteiger partial charge in [0.25, 0.3) is 5.91 Å². The lowest BCUT2D eigenvalue weighted by molar-refractivity contribution is -0.148. The molecule has 2 rings (SSSR count). The van der Waals surface area contributed by atoms with Crippen molar-refractivity contribution in [3.63, 3.8) is 0 Å². The second-order valence-corrected chi connectivity index (χ2v) is 6.43. The molecular weight excluding hydrogens is 368 g/mol. The molecule has 0 radical (unpaired) electrons. The van der Waals surface area contributed by atoms with E-state index in [2.05, 4.69) is 5.10 Å². The Balaban J connectivity index is 1.91. The van der Waals surface area contributed by atoms with Crippen LogP contribution in [0.1, 0.15) is 24.2 Å². The minimum Gasteiger partial charge on any atom is -0.455 e. The molecule has 0 aliphatic rings. The van der Waals surface area contributed by atoms with Crippen molar-refractivity contribution in [2.24, 2.45) is 0 Å². The maximum absolute atomic E-state index is 12.5. The summed E-state index contributed by atoms with van der Waals surface area (Å²) in [4.78, 5) is 25.8. The number of anilines is 1. The quantitative estimate of drug-likeness (QED) is 0.648. The molecule has 27 heavy (non-hydrogen) atoms. The lowest BCUT2D eigenvalue weighted by atomic mass is 10.2. The maximum atomic E-state index is 12.5. The van der Waals surface area contributed by atoms with Gasteiger partial charge in [0.15, 0.2) is 6.61 Å². The summed E-state index contributed by atoms with van der Waals surface area (Å²) in [5.41, 5.74) is 2.40. The molecule has 0 spiro atoms. The number of nitriles is 1. The standard InChI is InChI=1S/C19H21ClN4O3/c1-14-11-15(2)24(22-14)10-7-19(26)27-13-18(25)23(9-4-8-21)17-6-3-5-16(20)12-17/h3,5-6,11-12H,4,7,9-10,13H2,1-2H3. The number of benzene rings is 1. The number of halogens is 1. The molecule has 0 aliphatic carbocycles. The highest BCUT2D eigenvalue weighted by Crippen LogP contribution is 2.20.